The van der Waals surface area contributed by atoms with E-state index in [0.29, 0.717) is 22.6 Å². The molecule has 6 nitrogen and oxygen atoms in total. The Morgan fingerprint density at radius 2 is 1.89 bits per heavy atom. The first kappa shape index (κ1) is 19.0. The molecule has 0 fully saturated rings. The number of hydrogen-bond acceptors (Lipinski definition) is 4. The van der Waals surface area contributed by atoms with Gasteiger partial charge in [-0.2, -0.15) is 0 Å². The van der Waals surface area contributed by atoms with E-state index < -0.39 is 5.82 Å². The van der Waals surface area contributed by atoms with Crippen molar-refractivity contribution in [2.24, 2.45) is 0 Å². The Hall–Kier alpha value is -3.74. The molecule has 3 aromatic rings. The number of nitrogens with one attached hydrogen (secondary N) is 2. The minimum Gasteiger partial charge on any atom is -0.439 e. The van der Waals surface area contributed by atoms with Gasteiger partial charge in [-0.05, 0) is 36.4 Å². The number of ether oxygens (including phenoxy) is 1. The van der Waals surface area contributed by atoms with Gasteiger partial charge in [0.15, 0.2) is 0 Å². The van der Waals surface area contributed by atoms with E-state index in [1.165, 1.54) is 25.1 Å². The van der Waals surface area contributed by atoms with Crippen molar-refractivity contribution >= 4 is 17.5 Å². The van der Waals surface area contributed by atoms with Gasteiger partial charge >= 0.3 is 0 Å². The van der Waals surface area contributed by atoms with E-state index in [9.17, 15) is 14.0 Å². The quantitative estimate of drug-likeness (QED) is 0.681. The Labute approximate surface area is 161 Å². The van der Waals surface area contributed by atoms with Crippen molar-refractivity contribution in [1.29, 1.82) is 0 Å². The summed E-state index contributed by atoms with van der Waals surface area (Å²) in [5.74, 6) is -0.350. The molecule has 28 heavy (non-hydrogen) atoms. The van der Waals surface area contributed by atoms with Crippen molar-refractivity contribution in [3.8, 4) is 11.6 Å². The molecule has 0 aliphatic carbocycles. The van der Waals surface area contributed by atoms with Crippen LogP contribution in [-0.2, 0) is 11.3 Å². The summed E-state index contributed by atoms with van der Waals surface area (Å²) in [7, 11) is 0. The highest BCUT2D eigenvalue weighted by atomic mass is 19.1. The molecule has 1 aromatic heterocycles. The van der Waals surface area contributed by atoms with Crippen LogP contribution in [-0.4, -0.2) is 16.8 Å². The predicted molar refractivity (Wildman–Crippen MR) is 103 cm³/mol. The second-order valence-electron chi connectivity index (χ2n) is 5.97. The molecule has 0 saturated heterocycles. The van der Waals surface area contributed by atoms with E-state index >= 15 is 0 Å². The maximum absolute atomic E-state index is 13.3. The zero-order chi connectivity index (χ0) is 19.9. The van der Waals surface area contributed by atoms with Crippen LogP contribution in [0.1, 0.15) is 22.8 Å². The van der Waals surface area contributed by atoms with Gasteiger partial charge in [-0.25, -0.2) is 9.37 Å². The monoisotopic (exact) mass is 379 g/mol. The van der Waals surface area contributed by atoms with Crippen LogP contribution in [0.5, 0.6) is 11.6 Å². The number of carbonyl (C=O) groups excluding carboxylic acids is 2. The van der Waals surface area contributed by atoms with Crippen LogP contribution >= 0.6 is 0 Å². The summed E-state index contributed by atoms with van der Waals surface area (Å²) in [6.45, 7) is 1.57. The third kappa shape index (κ3) is 5.14. The number of anilines is 1. The van der Waals surface area contributed by atoms with Crippen LogP contribution in [0.15, 0.2) is 66.9 Å². The second-order valence-corrected chi connectivity index (χ2v) is 5.97. The van der Waals surface area contributed by atoms with Gasteiger partial charge in [0.2, 0.25) is 11.8 Å². The molecule has 3 rings (SSSR count). The van der Waals surface area contributed by atoms with Crippen LogP contribution < -0.4 is 15.4 Å². The van der Waals surface area contributed by atoms with Crippen LogP contribution in [0.4, 0.5) is 10.1 Å². The van der Waals surface area contributed by atoms with Gasteiger partial charge in [0.1, 0.15) is 11.6 Å². The molecule has 0 spiro atoms. The van der Waals surface area contributed by atoms with Crippen LogP contribution in [0, 0.1) is 5.82 Å². The topological polar surface area (TPSA) is 80.3 Å². The molecular formula is C21H18FN3O3. The number of rotatable bonds is 6. The molecule has 0 saturated carbocycles. The smallest absolute Gasteiger partial charge is 0.251 e. The first-order chi connectivity index (χ1) is 13.5. The lowest BCUT2D eigenvalue weighted by atomic mass is 10.1. The highest BCUT2D eigenvalue weighted by molar-refractivity contribution is 5.96. The van der Waals surface area contributed by atoms with E-state index in [1.807, 2.05) is 0 Å². The molecule has 2 aromatic carbocycles. The Morgan fingerprint density at radius 3 is 2.68 bits per heavy atom. The summed E-state index contributed by atoms with van der Waals surface area (Å²) in [5.41, 5.74) is 1.58. The van der Waals surface area contributed by atoms with E-state index in [2.05, 4.69) is 15.6 Å². The minimum absolute atomic E-state index is 0.168. The van der Waals surface area contributed by atoms with Gasteiger partial charge in [0.05, 0.1) is 0 Å². The van der Waals surface area contributed by atoms with E-state index in [4.69, 9.17) is 4.74 Å². The average molecular weight is 379 g/mol. The number of carbonyl (C=O) groups is 2. The summed E-state index contributed by atoms with van der Waals surface area (Å²) < 4.78 is 19.0. The lowest BCUT2D eigenvalue weighted by Gasteiger charge is -2.11. The fraction of sp³-hybridized carbons (Fsp3) is 0.0952. The number of halogens is 1. The van der Waals surface area contributed by atoms with Crippen LogP contribution in [0.2, 0.25) is 0 Å². The number of pyridine rings is 1. The molecule has 142 valence electrons. The molecule has 2 N–H and O–H groups in total. The first-order valence-electron chi connectivity index (χ1n) is 8.54. The van der Waals surface area contributed by atoms with E-state index in [-0.39, 0.29) is 24.2 Å². The maximum atomic E-state index is 13.3. The number of benzene rings is 2. The lowest BCUT2D eigenvalue weighted by Crippen LogP contribution is -2.23. The Kier molecular flexibility index (Phi) is 5.96. The average Bonchev–Trinajstić information content (AvgIpc) is 2.67. The highest BCUT2D eigenvalue weighted by Gasteiger charge is 2.11. The van der Waals surface area contributed by atoms with Crippen molar-refractivity contribution in [3.05, 3.63) is 83.8 Å². The lowest BCUT2D eigenvalue weighted by molar-refractivity contribution is -0.114. The first-order valence-corrected chi connectivity index (χ1v) is 8.54. The van der Waals surface area contributed by atoms with Crippen molar-refractivity contribution in [2.75, 3.05) is 5.32 Å². The molecule has 0 radical (unpaired) electrons. The van der Waals surface area contributed by atoms with Gasteiger partial charge in [0.25, 0.3) is 5.91 Å². The van der Waals surface area contributed by atoms with Gasteiger partial charge in [-0.1, -0.05) is 18.2 Å². The zero-order valence-electron chi connectivity index (χ0n) is 15.1. The molecule has 0 bridgehead atoms. The summed E-state index contributed by atoms with van der Waals surface area (Å²) >= 11 is 0. The van der Waals surface area contributed by atoms with Gasteiger partial charge < -0.3 is 15.4 Å². The number of hydrogen-bond donors (Lipinski definition) is 2. The minimum atomic E-state index is -0.415. The summed E-state index contributed by atoms with van der Waals surface area (Å²) in [5, 5.41) is 5.42. The van der Waals surface area contributed by atoms with Crippen LogP contribution in [0.25, 0.3) is 0 Å². The molecule has 0 unspecified atom stereocenters. The number of amides is 2. The predicted octanol–water partition coefficient (Wildman–Crippen LogP) is 3.90. The van der Waals surface area contributed by atoms with Crippen molar-refractivity contribution in [1.82, 2.24) is 10.3 Å². The Bertz CT molecular complexity index is 1010. The molecular weight excluding hydrogens is 361 g/mol. The third-order valence-corrected chi connectivity index (χ3v) is 3.75. The highest BCUT2D eigenvalue weighted by Crippen LogP contribution is 2.23. The number of aromatic nitrogens is 1. The van der Waals surface area contributed by atoms with Crippen molar-refractivity contribution in [2.45, 2.75) is 13.5 Å². The summed E-state index contributed by atoms with van der Waals surface area (Å²) in [6, 6.07) is 15.8. The SMILES string of the molecule is CC(=O)Nc1cccc(C(=O)NCc2cccnc2Oc2cccc(F)c2)c1. The van der Waals surface area contributed by atoms with Crippen molar-refractivity contribution < 1.29 is 18.7 Å². The van der Waals surface area contributed by atoms with Crippen molar-refractivity contribution in [3.63, 3.8) is 0 Å². The maximum Gasteiger partial charge on any atom is 0.251 e. The standard InChI is InChI=1S/C21H18FN3O3/c1-14(26)25-18-8-2-5-15(11-18)20(27)24-13-16-6-4-10-23-21(16)28-19-9-3-7-17(22)12-19/h2-12H,13H2,1H3,(H,24,27)(H,25,26). The van der Waals surface area contributed by atoms with E-state index in [1.54, 1.807) is 48.7 Å². The summed E-state index contributed by atoms with van der Waals surface area (Å²) in [4.78, 5) is 27.8. The summed E-state index contributed by atoms with van der Waals surface area (Å²) in [6.07, 6.45) is 1.55. The normalized spacial score (nSPS) is 10.2. The van der Waals surface area contributed by atoms with Gasteiger partial charge in [-0.15, -0.1) is 0 Å². The van der Waals surface area contributed by atoms with Gasteiger partial charge in [-0.3, -0.25) is 9.59 Å². The molecule has 7 heteroatoms. The second kappa shape index (κ2) is 8.77. The molecule has 0 aliphatic rings. The fourth-order valence-corrected chi connectivity index (χ4v) is 2.51. The largest absolute Gasteiger partial charge is 0.439 e. The molecule has 2 amide bonds. The Morgan fingerprint density at radius 1 is 1.07 bits per heavy atom. The zero-order valence-corrected chi connectivity index (χ0v) is 15.1. The fourth-order valence-electron chi connectivity index (χ4n) is 2.51. The third-order valence-electron chi connectivity index (χ3n) is 3.75. The molecule has 1 heterocycles. The molecule has 0 atom stereocenters. The molecule has 0 aliphatic heterocycles. The van der Waals surface area contributed by atoms with Gasteiger partial charge in [0, 0.05) is 42.5 Å². The number of nitrogens with zero attached hydrogens (tertiary/aromatic N) is 1. The Balaban J connectivity index is 1.69. The van der Waals surface area contributed by atoms with E-state index in [0.717, 1.165) is 0 Å². The van der Waals surface area contributed by atoms with Crippen LogP contribution in [0.3, 0.4) is 0 Å².